The molecule has 0 aromatic carbocycles. The molecular weight excluding hydrogens is 330 g/mol. The Hall–Kier alpha value is -3.00. The summed E-state index contributed by atoms with van der Waals surface area (Å²) >= 11 is 0. The molecule has 0 aliphatic carbocycles. The molecule has 5 rings (SSSR count). The van der Waals surface area contributed by atoms with Crippen LogP contribution in [0.15, 0.2) is 30.7 Å². The number of aromatic amines is 1. The number of nitrogens with zero attached hydrogens (tertiary/aromatic N) is 5. The topological polar surface area (TPSA) is 93.0 Å². The van der Waals surface area contributed by atoms with Crippen LogP contribution in [0.3, 0.4) is 0 Å². The summed E-state index contributed by atoms with van der Waals surface area (Å²) < 4.78 is 7.24. The summed E-state index contributed by atoms with van der Waals surface area (Å²) in [7, 11) is 0. The molecule has 1 fully saturated rings. The van der Waals surface area contributed by atoms with Crippen molar-refractivity contribution in [3.05, 3.63) is 36.4 Å². The van der Waals surface area contributed by atoms with E-state index in [2.05, 4.69) is 25.3 Å². The molecule has 4 aromatic rings. The number of aromatic nitrogens is 6. The van der Waals surface area contributed by atoms with Crippen molar-refractivity contribution < 1.29 is 4.74 Å². The van der Waals surface area contributed by atoms with Crippen LogP contribution in [0.5, 0.6) is 0 Å². The van der Waals surface area contributed by atoms with Crippen molar-refractivity contribution in [2.75, 3.05) is 18.5 Å². The van der Waals surface area contributed by atoms with E-state index < -0.39 is 0 Å². The van der Waals surface area contributed by atoms with Gasteiger partial charge in [-0.2, -0.15) is 10.1 Å². The average molecular weight is 349 g/mol. The molecule has 4 aromatic heterocycles. The third-order valence-electron chi connectivity index (χ3n) is 4.80. The molecule has 1 aliphatic heterocycles. The molecule has 0 radical (unpaired) electrons. The SMILES string of the molecule is Cc1cnc2ccc(-c3c[nH]c4nc(NC5CCOCC5)ncc34)nn12. The molecule has 0 atom stereocenters. The van der Waals surface area contributed by atoms with Crippen molar-refractivity contribution in [2.24, 2.45) is 0 Å². The minimum Gasteiger partial charge on any atom is -0.381 e. The van der Waals surface area contributed by atoms with Crippen molar-refractivity contribution in [1.29, 1.82) is 0 Å². The Kier molecular flexibility index (Phi) is 3.56. The molecule has 8 nitrogen and oxygen atoms in total. The normalized spacial score (nSPS) is 15.7. The second kappa shape index (κ2) is 6.06. The number of rotatable bonds is 3. The summed E-state index contributed by atoms with van der Waals surface area (Å²) in [6, 6.07) is 4.30. The Balaban J connectivity index is 1.49. The van der Waals surface area contributed by atoms with Gasteiger partial charge in [-0.1, -0.05) is 0 Å². The number of imidazole rings is 1. The van der Waals surface area contributed by atoms with Crippen LogP contribution in [0, 0.1) is 6.92 Å². The van der Waals surface area contributed by atoms with E-state index in [-0.39, 0.29) is 0 Å². The number of fused-ring (bicyclic) bond motifs is 2. The highest BCUT2D eigenvalue weighted by molar-refractivity contribution is 5.92. The third kappa shape index (κ3) is 2.59. The molecule has 26 heavy (non-hydrogen) atoms. The van der Waals surface area contributed by atoms with Crippen molar-refractivity contribution >= 4 is 22.6 Å². The Morgan fingerprint density at radius 3 is 2.96 bits per heavy atom. The summed E-state index contributed by atoms with van der Waals surface area (Å²) in [4.78, 5) is 16.7. The maximum absolute atomic E-state index is 5.39. The minimum absolute atomic E-state index is 0.365. The van der Waals surface area contributed by atoms with E-state index in [1.807, 2.05) is 42.2 Å². The van der Waals surface area contributed by atoms with Crippen LogP contribution >= 0.6 is 0 Å². The Morgan fingerprint density at radius 1 is 1.19 bits per heavy atom. The predicted octanol–water partition coefficient (Wildman–Crippen LogP) is 2.57. The first-order valence-corrected chi connectivity index (χ1v) is 8.78. The highest BCUT2D eigenvalue weighted by atomic mass is 16.5. The predicted molar refractivity (Wildman–Crippen MR) is 98.1 cm³/mol. The van der Waals surface area contributed by atoms with Gasteiger partial charge in [-0.15, -0.1) is 0 Å². The second-order valence-corrected chi connectivity index (χ2v) is 6.58. The standard InChI is InChI=1S/C18H19N7O/c1-11-8-19-16-3-2-15(24-25(11)16)13-9-20-17-14(13)10-21-18(23-17)22-12-4-6-26-7-5-12/h2-3,8-10,12H,4-7H2,1H3,(H2,20,21,22,23). The fourth-order valence-electron chi connectivity index (χ4n) is 3.34. The molecule has 2 N–H and O–H groups in total. The number of hydrogen-bond donors (Lipinski definition) is 2. The van der Waals surface area contributed by atoms with Crippen LogP contribution in [-0.2, 0) is 4.74 Å². The van der Waals surface area contributed by atoms with Gasteiger partial charge in [0, 0.05) is 42.6 Å². The van der Waals surface area contributed by atoms with Gasteiger partial charge in [0.15, 0.2) is 5.65 Å². The molecule has 0 amide bonds. The Morgan fingerprint density at radius 2 is 2.08 bits per heavy atom. The molecule has 0 bridgehead atoms. The second-order valence-electron chi connectivity index (χ2n) is 6.58. The van der Waals surface area contributed by atoms with Gasteiger partial charge >= 0.3 is 0 Å². The van der Waals surface area contributed by atoms with Gasteiger partial charge in [0.1, 0.15) is 5.65 Å². The molecule has 0 spiro atoms. The molecule has 0 unspecified atom stereocenters. The zero-order valence-electron chi connectivity index (χ0n) is 14.4. The Labute approximate surface area is 149 Å². The molecule has 1 aliphatic rings. The average Bonchev–Trinajstić information content (AvgIpc) is 3.26. The Bertz CT molecular complexity index is 1080. The van der Waals surface area contributed by atoms with Gasteiger partial charge in [-0.05, 0) is 31.9 Å². The molecule has 1 saturated heterocycles. The molecule has 8 heteroatoms. The first-order chi connectivity index (χ1) is 12.8. The number of hydrogen-bond acceptors (Lipinski definition) is 6. The number of nitrogens with one attached hydrogen (secondary N) is 2. The summed E-state index contributed by atoms with van der Waals surface area (Å²) in [5.74, 6) is 0.645. The van der Waals surface area contributed by atoms with E-state index in [1.54, 1.807) is 0 Å². The minimum atomic E-state index is 0.365. The quantitative estimate of drug-likeness (QED) is 0.590. The van der Waals surface area contributed by atoms with Gasteiger partial charge < -0.3 is 15.0 Å². The van der Waals surface area contributed by atoms with Gasteiger partial charge in [-0.3, -0.25) is 0 Å². The van der Waals surface area contributed by atoms with Crippen LogP contribution in [-0.4, -0.2) is 48.8 Å². The molecular formula is C18H19N7O. The molecule has 0 saturated carbocycles. The largest absolute Gasteiger partial charge is 0.381 e. The lowest BCUT2D eigenvalue weighted by molar-refractivity contribution is 0.0903. The molecule has 132 valence electrons. The summed E-state index contributed by atoms with van der Waals surface area (Å²) in [5.41, 5.74) is 4.48. The van der Waals surface area contributed by atoms with Gasteiger partial charge in [0.2, 0.25) is 5.95 Å². The highest BCUT2D eigenvalue weighted by Gasteiger charge is 2.16. The van der Waals surface area contributed by atoms with Gasteiger partial charge in [-0.25, -0.2) is 14.5 Å². The van der Waals surface area contributed by atoms with Crippen LogP contribution in [0.4, 0.5) is 5.95 Å². The monoisotopic (exact) mass is 349 g/mol. The van der Waals surface area contributed by atoms with E-state index in [1.165, 1.54) is 0 Å². The van der Waals surface area contributed by atoms with E-state index in [0.717, 1.165) is 59.7 Å². The summed E-state index contributed by atoms with van der Waals surface area (Å²) in [5, 5.41) is 9.04. The lowest BCUT2D eigenvalue weighted by atomic mass is 10.1. The van der Waals surface area contributed by atoms with Crippen LogP contribution in [0.25, 0.3) is 27.9 Å². The summed E-state index contributed by atoms with van der Waals surface area (Å²) in [6.07, 6.45) is 7.55. The van der Waals surface area contributed by atoms with Gasteiger partial charge in [0.05, 0.1) is 17.6 Å². The number of H-pyrrole nitrogens is 1. The van der Waals surface area contributed by atoms with Crippen molar-refractivity contribution in [3.63, 3.8) is 0 Å². The third-order valence-corrected chi connectivity index (χ3v) is 4.80. The summed E-state index contributed by atoms with van der Waals surface area (Å²) in [6.45, 7) is 3.56. The number of ether oxygens (including phenoxy) is 1. The van der Waals surface area contributed by atoms with E-state index in [0.29, 0.717) is 12.0 Å². The van der Waals surface area contributed by atoms with Crippen LogP contribution in [0.2, 0.25) is 0 Å². The van der Waals surface area contributed by atoms with Crippen molar-refractivity contribution in [2.45, 2.75) is 25.8 Å². The first-order valence-electron chi connectivity index (χ1n) is 8.78. The zero-order valence-corrected chi connectivity index (χ0v) is 14.4. The fourth-order valence-corrected chi connectivity index (χ4v) is 3.34. The van der Waals surface area contributed by atoms with E-state index >= 15 is 0 Å². The van der Waals surface area contributed by atoms with Crippen molar-refractivity contribution in [1.82, 2.24) is 29.5 Å². The lowest BCUT2D eigenvalue weighted by Gasteiger charge is -2.22. The van der Waals surface area contributed by atoms with E-state index in [9.17, 15) is 0 Å². The van der Waals surface area contributed by atoms with Crippen LogP contribution in [0.1, 0.15) is 18.5 Å². The highest BCUT2D eigenvalue weighted by Crippen LogP contribution is 2.27. The first kappa shape index (κ1) is 15.3. The maximum atomic E-state index is 5.39. The van der Waals surface area contributed by atoms with Crippen molar-refractivity contribution in [3.8, 4) is 11.3 Å². The number of anilines is 1. The number of aryl methyl sites for hydroxylation is 1. The lowest BCUT2D eigenvalue weighted by Crippen LogP contribution is -2.28. The zero-order chi connectivity index (χ0) is 17.5. The van der Waals surface area contributed by atoms with E-state index in [4.69, 9.17) is 9.84 Å². The fraction of sp³-hybridized carbons (Fsp3) is 0.333. The van der Waals surface area contributed by atoms with Crippen LogP contribution < -0.4 is 5.32 Å². The van der Waals surface area contributed by atoms with Gasteiger partial charge in [0.25, 0.3) is 0 Å². The molecule has 5 heterocycles. The smallest absolute Gasteiger partial charge is 0.224 e. The maximum Gasteiger partial charge on any atom is 0.224 e.